The molecular formula is C31H35N7O5S. The van der Waals surface area contributed by atoms with Crippen LogP contribution in [0.3, 0.4) is 0 Å². The number of hydrogen-bond acceptors (Lipinski definition) is 10. The van der Waals surface area contributed by atoms with E-state index in [2.05, 4.69) is 31.1 Å². The molecule has 3 N–H and O–H groups in total. The van der Waals surface area contributed by atoms with Crippen molar-refractivity contribution in [3.8, 4) is 22.6 Å². The molecule has 6 heterocycles. The predicted molar refractivity (Wildman–Crippen MR) is 166 cm³/mol. The van der Waals surface area contributed by atoms with Crippen LogP contribution >= 0.6 is 11.3 Å². The van der Waals surface area contributed by atoms with Crippen molar-refractivity contribution in [1.29, 1.82) is 0 Å². The van der Waals surface area contributed by atoms with Crippen LogP contribution in [-0.4, -0.2) is 83.6 Å². The van der Waals surface area contributed by atoms with Crippen molar-refractivity contribution >= 4 is 46.3 Å². The average molecular weight is 621 g/mol. The Morgan fingerprint density at radius 3 is 2.73 bits per heavy atom. The van der Waals surface area contributed by atoms with Gasteiger partial charge in [0.15, 0.2) is 17.3 Å². The van der Waals surface area contributed by atoms with E-state index in [0.29, 0.717) is 31.0 Å². The lowest BCUT2D eigenvalue weighted by atomic mass is 9.87. The Bertz CT molecular complexity index is 1750. The Hall–Kier alpha value is -4.23. The second kappa shape index (κ2) is 11.4. The molecule has 2 unspecified atom stereocenters. The van der Waals surface area contributed by atoms with E-state index in [-0.39, 0.29) is 47.0 Å². The zero-order valence-corrected chi connectivity index (χ0v) is 25.3. The lowest BCUT2D eigenvalue weighted by Crippen LogP contribution is -2.69. The summed E-state index contributed by atoms with van der Waals surface area (Å²) in [5.41, 5.74) is 3.17. The van der Waals surface area contributed by atoms with Gasteiger partial charge in [0.25, 0.3) is 5.91 Å². The van der Waals surface area contributed by atoms with E-state index >= 15 is 0 Å². The zero-order valence-electron chi connectivity index (χ0n) is 27.4. The number of carbonyl (C=O) groups is 3. The van der Waals surface area contributed by atoms with Crippen molar-refractivity contribution in [2.75, 3.05) is 44.4 Å². The number of nitrogens with zero attached hydrogens (tertiary/aromatic N) is 4. The Morgan fingerprint density at radius 1 is 1.18 bits per heavy atom. The first-order valence-corrected chi connectivity index (χ1v) is 15.6. The predicted octanol–water partition coefficient (Wildman–Crippen LogP) is 3.41. The number of hydrogen-bond donors (Lipinski definition) is 3. The summed E-state index contributed by atoms with van der Waals surface area (Å²) in [7, 11) is 1.56. The van der Waals surface area contributed by atoms with Crippen LogP contribution in [0.1, 0.15) is 51.2 Å². The maximum absolute atomic E-state index is 13.0. The van der Waals surface area contributed by atoms with E-state index in [1.807, 2.05) is 22.3 Å². The third-order valence-electron chi connectivity index (χ3n) is 8.74. The Labute approximate surface area is 263 Å². The van der Waals surface area contributed by atoms with Crippen LogP contribution in [0, 0.1) is 5.92 Å². The van der Waals surface area contributed by atoms with Crippen LogP contribution in [0.4, 0.5) is 17.2 Å². The van der Waals surface area contributed by atoms with E-state index in [0.717, 1.165) is 59.7 Å². The van der Waals surface area contributed by atoms with Gasteiger partial charge in [-0.25, -0.2) is 0 Å². The number of nitrogens with one attached hydrogen (secondary N) is 3. The van der Waals surface area contributed by atoms with Gasteiger partial charge in [0, 0.05) is 84.6 Å². The maximum atomic E-state index is 13.0. The fourth-order valence-corrected chi connectivity index (χ4v) is 7.58. The molecule has 2 aromatic heterocycles. The third kappa shape index (κ3) is 5.13. The largest absolute Gasteiger partial charge is 0.494 e. The van der Waals surface area contributed by atoms with Gasteiger partial charge in [-0.3, -0.25) is 19.3 Å². The topological polar surface area (TPSA) is 138 Å². The first-order valence-electron chi connectivity index (χ1n) is 16.2. The molecule has 5 aliphatic rings. The van der Waals surface area contributed by atoms with E-state index in [9.17, 15) is 14.4 Å². The molecule has 2 atom stereocenters. The van der Waals surface area contributed by atoms with Gasteiger partial charge < -0.3 is 30.3 Å². The number of amides is 3. The summed E-state index contributed by atoms with van der Waals surface area (Å²) in [6.07, 6.45) is 3.29. The van der Waals surface area contributed by atoms with Gasteiger partial charge in [-0.15, -0.1) is 21.5 Å². The summed E-state index contributed by atoms with van der Waals surface area (Å²) in [6, 6.07) is 5.78. The van der Waals surface area contributed by atoms with Crippen LogP contribution in [0.25, 0.3) is 11.1 Å². The molecule has 0 radical (unpaired) electrons. The summed E-state index contributed by atoms with van der Waals surface area (Å²) >= 11 is 1.62. The molecule has 2 bridgehead atoms. The highest BCUT2D eigenvalue weighted by Crippen LogP contribution is 2.49. The fraction of sp³-hybridized carbons (Fsp3) is 0.452. The Balaban J connectivity index is 1.20. The van der Waals surface area contributed by atoms with Crippen molar-refractivity contribution in [2.24, 2.45) is 5.92 Å². The molecule has 13 heteroatoms. The molecule has 230 valence electrons. The van der Waals surface area contributed by atoms with Gasteiger partial charge in [0.1, 0.15) is 5.75 Å². The number of benzene rings is 1. The molecule has 4 aliphatic heterocycles. The zero-order chi connectivity index (χ0) is 33.0. The molecule has 1 aromatic carbocycles. The molecular weight excluding hydrogens is 582 g/mol. The lowest BCUT2D eigenvalue weighted by molar-refractivity contribution is -0.151. The quantitative estimate of drug-likeness (QED) is 0.346. The SMILES string of the molecule is [2H]C([2H])([2H])NC(=O)c1nnc(NC(=O)C2CC2)cc1Nc1ccc2c(c1OC)-c1csc(CN3CC4CC(C3)N4C(C)=O)c1OCC2. The van der Waals surface area contributed by atoms with Gasteiger partial charge in [-0.2, -0.15) is 0 Å². The highest BCUT2D eigenvalue weighted by molar-refractivity contribution is 7.10. The number of aromatic nitrogens is 2. The Kier molecular flexibility index (Phi) is 6.49. The van der Waals surface area contributed by atoms with Gasteiger partial charge in [-0.05, 0) is 30.9 Å². The number of carbonyl (C=O) groups excluding carboxylic acids is 3. The summed E-state index contributed by atoms with van der Waals surface area (Å²) in [4.78, 5) is 42.9. The van der Waals surface area contributed by atoms with E-state index in [4.69, 9.17) is 13.6 Å². The highest BCUT2D eigenvalue weighted by atomic mass is 32.1. The van der Waals surface area contributed by atoms with Crippen LogP contribution in [-0.2, 0) is 22.6 Å². The summed E-state index contributed by atoms with van der Waals surface area (Å²) in [5.74, 6) is 0.361. The van der Waals surface area contributed by atoms with Crippen LogP contribution in [0.15, 0.2) is 23.6 Å². The van der Waals surface area contributed by atoms with Crippen molar-refractivity contribution in [3.63, 3.8) is 0 Å². The van der Waals surface area contributed by atoms with Crippen LogP contribution in [0.2, 0.25) is 0 Å². The second-order valence-electron chi connectivity index (χ2n) is 11.7. The average Bonchev–Trinajstić information content (AvgIpc) is 3.81. The van der Waals surface area contributed by atoms with Gasteiger partial charge in [0.2, 0.25) is 11.8 Å². The molecule has 4 fully saturated rings. The van der Waals surface area contributed by atoms with Gasteiger partial charge in [-0.1, -0.05) is 6.07 Å². The van der Waals surface area contributed by atoms with E-state index in [1.165, 1.54) is 6.07 Å². The monoisotopic (exact) mass is 620 g/mol. The molecule has 12 nitrogen and oxygen atoms in total. The maximum Gasteiger partial charge on any atom is 0.273 e. The molecule has 3 amide bonds. The minimum Gasteiger partial charge on any atom is -0.494 e. The normalized spacial score (nSPS) is 21.6. The molecule has 1 aliphatic carbocycles. The number of anilines is 3. The first-order chi connectivity index (χ1) is 22.5. The minimum absolute atomic E-state index is 0.0841. The van der Waals surface area contributed by atoms with E-state index < -0.39 is 12.9 Å². The second-order valence-corrected chi connectivity index (χ2v) is 12.6. The number of rotatable bonds is 8. The van der Waals surface area contributed by atoms with Crippen molar-refractivity contribution < 1.29 is 28.0 Å². The molecule has 0 spiro atoms. The van der Waals surface area contributed by atoms with Gasteiger partial charge >= 0.3 is 0 Å². The Morgan fingerprint density at radius 2 is 2.00 bits per heavy atom. The molecule has 3 aromatic rings. The molecule has 3 saturated heterocycles. The summed E-state index contributed by atoms with van der Waals surface area (Å²) in [5, 5.41) is 17.9. The van der Waals surface area contributed by atoms with Crippen molar-refractivity contribution in [2.45, 2.75) is 51.2 Å². The molecule has 8 rings (SSSR count). The molecule has 1 saturated carbocycles. The highest BCUT2D eigenvalue weighted by Gasteiger charge is 2.46. The number of piperidine rings is 1. The standard InChI is InChI=1S/C31H35N7O5S/c1-16(39)38-19-10-20(38)13-37(12-19)14-24-28-21(15-44-24)26-17(8-9-43-28)6-7-22(29(26)42-3)33-23-11-25(34-30(40)18-4-5-18)35-36-27(23)31(41)32-2/h6-7,11,15,18-20H,4-5,8-10,12-14H2,1-3H3,(H,32,41)(H2,33,34,35,40)/i2D3. The first kappa shape index (κ1) is 25.1. The summed E-state index contributed by atoms with van der Waals surface area (Å²) < 4.78 is 34.8. The number of fused-ring (bicyclic) bond motifs is 5. The number of piperazine rings is 1. The van der Waals surface area contributed by atoms with Crippen molar-refractivity contribution in [3.05, 3.63) is 39.7 Å². The van der Waals surface area contributed by atoms with Crippen LogP contribution < -0.4 is 25.4 Å². The smallest absolute Gasteiger partial charge is 0.273 e. The van der Waals surface area contributed by atoms with Crippen molar-refractivity contribution in [1.82, 2.24) is 25.3 Å². The fourth-order valence-electron chi connectivity index (χ4n) is 6.56. The van der Waals surface area contributed by atoms with E-state index in [1.54, 1.807) is 25.4 Å². The van der Waals surface area contributed by atoms with Gasteiger partial charge in [0.05, 0.1) is 30.0 Å². The number of ether oxygens (including phenoxy) is 2. The van der Waals surface area contributed by atoms with Crippen LogP contribution in [0.5, 0.6) is 11.5 Å². The summed E-state index contributed by atoms with van der Waals surface area (Å²) in [6.45, 7) is 1.76. The third-order valence-corrected chi connectivity index (χ3v) is 9.70. The minimum atomic E-state index is -2.74. The number of thiophene rings is 1. The number of methoxy groups -OCH3 is 1. The molecule has 44 heavy (non-hydrogen) atoms. The lowest BCUT2D eigenvalue weighted by Gasteiger charge is -2.56.